The SMILES string of the molecule is O=C(Nc1nc2c(s1)CN(CC(=O)N1CCc3ccccc31)CC2)c1ccsc1. The Morgan fingerprint density at radius 3 is 2.90 bits per heavy atom. The van der Waals surface area contributed by atoms with Crippen LogP contribution < -0.4 is 10.2 Å². The van der Waals surface area contributed by atoms with E-state index in [1.807, 2.05) is 33.9 Å². The maximum Gasteiger partial charge on any atom is 0.258 e. The number of nitrogens with one attached hydrogen (secondary N) is 1. The monoisotopic (exact) mass is 424 g/mol. The van der Waals surface area contributed by atoms with Crippen LogP contribution in [-0.2, 0) is 24.2 Å². The van der Waals surface area contributed by atoms with E-state index in [0.717, 1.165) is 42.2 Å². The smallest absolute Gasteiger partial charge is 0.258 e. The fourth-order valence-electron chi connectivity index (χ4n) is 3.87. The average Bonchev–Trinajstić information content (AvgIpc) is 3.46. The van der Waals surface area contributed by atoms with Gasteiger partial charge in [0.2, 0.25) is 5.91 Å². The van der Waals surface area contributed by atoms with Crippen molar-refractivity contribution in [3.8, 4) is 0 Å². The molecule has 0 fully saturated rings. The number of thiazole rings is 1. The Kier molecular flexibility index (Phi) is 4.91. The van der Waals surface area contributed by atoms with Crippen molar-refractivity contribution in [1.82, 2.24) is 9.88 Å². The third kappa shape index (κ3) is 3.71. The molecule has 2 aromatic heterocycles. The van der Waals surface area contributed by atoms with E-state index < -0.39 is 0 Å². The summed E-state index contributed by atoms with van der Waals surface area (Å²) in [6, 6.07) is 9.94. The fraction of sp³-hybridized carbons (Fsp3) is 0.286. The molecule has 3 aromatic rings. The van der Waals surface area contributed by atoms with Crippen LogP contribution in [0.3, 0.4) is 0 Å². The summed E-state index contributed by atoms with van der Waals surface area (Å²) in [5, 5.41) is 7.24. The molecular weight excluding hydrogens is 404 g/mol. The predicted molar refractivity (Wildman–Crippen MR) is 116 cm³/mol. The van der Waals surface area contributed by atoms with Crippen LogP contribution in [0.15, 0.2) is 41.1 Å². The zero-order valence-corrected chi connectivity index (χ0v) is 17.4. The summed E-state index contributed by atoms with van der Waals surface area (Å²) in [7, 11) is 0. The molecule has 0 saturated heterocycles. The lowest BCUT2D eigenvalue weighted by Gasteiger charge is -2.27. The lowest BCUT2D eigenvalue weighted by Crippen LogP contribution is -2.41. The second kappa shape index (κ2) is 7.70. The van der Waals surface area contributed by atoms with Gasteiger partial charge < -0.3 is 4.90 Å². The number of fused-ring (bicyclic) bond motifs is 2. The highest BCUT2D eigenvalue weighted by atomic mass is 32.1. The van der Waals surface area contributed by atoms with Crippen LogP contribution in [0, 0.1) is 0 Å². The standard InChI is InChI=1S/C21H20N4O2S2/c26-19(25-9-5-14-3-1-2-4-17(14)25)12-24-8-6-16-18(11-24)29-21(22-16)23-20(27)15-7-10-28-13-15/h1-4,7,10,13H,5-6,8-9,11-12H2,(H,22,23,27). The van der Waals surface area contributed by atoms with Crippen LogP contribution in [0.1, 0.15) is 26.5 Å². The van der Waals surface area contributed by atoms with Crippen molar-refractivity contribution in [3.05, 3.63) is 62.8 Å². The van der Waals surface area contributed by atoms with Gasteiger partial charge in [-0.15, -0.1) is 11.3 Å². The summed E-state index contributed by atoms with van der Waals surface area (Å²) in [5.74, 6) is 0.0194. The first-order chi connectivity index (χ1) is 14.2. The Balaban J connectivity index is 1.23. The van der Waals surface area contributed by atoms with Crippen molar-refractivity contribution < 1.29 is 9.59 Å². The van der Waals surface area contributed by atoms with Gasteiger partial charge in [0, 0.05) is 42.0 Å². The molecule has 2 amide bonds. The van der Waals surface area contributed by atoms with Gasteiger partial charge >= 0.3 is 0 Å². The fourth-order valence-corrected chi connectivity index (χ4v) is 5.56. The predicted octanol–water partition coefficient (Wildman–Crippen LogP) is 3.40. The highest BCUT2D eigenvalue weighted by Gasteiger charge is 2.28. The molecule has 0 bridgehead atoms. The van der Waals surface area contributed by atoms with Gasteiger partial charge in [0.25, 0.3) is 5.91 Å². The zero-order valence-electron chi connectivity index (χ0n) is 15.8. The molecule has 0 unspecified atom stereocenters. The zero-order chi connectivity index (χ0) is 19.8. The van der Waals surface area contributed by atoms with Crippen LogP contribution in [0.25, 0.3) is 0 Å². The molecule has 8 heteroatoms. The van der Waals surface area contributed by atoms with Crippen molar-refractivity contribution in [2.75, 3.05) is 29.9 Å². The Labute approximate surface area is 176 Å². The number of carbonyl (C=O) groups excluding carboxylic acids is 2. The van der Waals surface area contributed by atoms with Crippen molar-refractivity contribution in [3.63, 3.8) is 0 Å². The van der Waals surface area contributed by atoms with E-state index in [-0.39, 0.29) is 11.8 Å². The van der Waals surface area contributed by atoms with Gasteiger partial charge in [-0.3, -0.25) is 19.8 Å². The van der Waals surface area contributed by atoms with E-state index in [1.165, 1.54) is 28.2 Å². The second-order valence-corrected chi connectivity index (χ2v) is 9.10. The van der Waals surface area contributed by atoms with Gasteiger partial charge in [-0.25, -0.2) is 4.98 Å². The van der Waals surface area contributed by atoms with Gasteiger partial charge in [-0.1, -0.05) is 18.2 Å². The summed E-state index contributed by atoms with van der Waals surface area (Å²) in [6.07, 6.45) is 1.72. The number of hydrogen-bond acceptors (Lipinski definition) is 6. The summed E-state index contributed by atoms with van der Waals surface area (Å²) in [4.78, 5) is 34.9. The number of para-hydroxylation sites is 1. The van der Waals surface area contributed by atoms with Crippen LogP contribution >= 0.6 is 22.7 Å². The quantitative estimate of drug-likeness (QED) is 0.697. The maximum atomic E-state index is 12.9. The number of nitrogens with zero attached hydrogens (tertiary/aromatic N) is 3. The topological polar surface area (TPSA) is 65.5 Å². The minimum atomic E-state index is -0.128. The Morgan fingerprint density at radius 1 is 1.14 bits per heavy atom. The molecule has 148 valence electrons. The Morgan fingerprint density at radius 2 is 2.03 bits per heavy atom. The van der Waals surface area contributed by atoms with E-state index >= 15 is 0 Å². The largest absolute Gasteiger partial charge is 0.311 e. The molecule has 4 heterocycles. The van der Waals surface area contributed by atoms with Gasteiger partial charge in [-0.05, 0) is 29.5 Å². The first kappa shape index (κ1) is 18.5. The number of rotatable bonds is 4. The Bertz CT molecular complexity index is 1060. The third-order valence-corrected chi connectivity index (χ3v) is 7.04. The summed E-state index contributed by atoms with van der Waals surface area (Å²) in [6.45, 7) is 2.66. The number of benzene rings is 1. The third-order valence-electron chi connectivity index (χ3n) is 5.36. The number of hydrogen-bond donors (Lipinski definition) is 1. The molecule has 1 N–H and O–H groups in total. The van der Waals surface area contributed by atoms with Gasteiger partial charge in [0.05, 0.1) is 17.8 Å². The minimum Gasteiger partial charge on any atom is -0.311 e. The first-order valence-electron chi connectivity index (χ1n) is 9.60. The maximum absolute atomic E-state index is 12.9. The van der Waals surface area contributed by atoms with Gasteiger partial charge in [0.1, 0.15) is 0 Å². The van der Waals surface area contributed by atoms with Crippen LogP contribution in [0.2, 0.25) is 0 Å². The van der Waals surface area contributed by atoms with E-state index in [4.69, 9.17) is 0 Å². The minimum absolute atomic E-state index is 0.128. The van der Waals surface area contributed by atoms with Crippen molar-refractivity contribution >= 4 is 45.3 Å². The van der Waals surface area contributed by atoms with Crippen LogP contribution in [0.4, 0.5) is 10.8 Å². The summed E-state index contributed by atoms with van der Waals surface area (Å²) in [5.41, 5.74) is 3.98. The molecule has 1 aromatic carbocycles. The molecular formula is C21H20N4O2S2. The average molecular weight is 425 g/mol. The first-order valence-corrected chi connectivity index (χ1v) is 11.4. The number of amides is 2. The van der Waals surface area contributed by atoms with E-state index in [1.54, 1.807) is 6.07 Å². The molecule has 0 atom stereocenters. The molecule has 0 spiro atoms. The summed E-state index contributed by atoms with van der Waals surface area (Å²) < 4.78 is 0. The van der Waals surface area contributed by atoms with Gasteiger partial charge in [-0.2, -0.15) is 11.3 Å². The molecule has 0 aliphatic carbocycles. The molecule has 0 saturated carbocycles. The molecule has 2 aliphatic heterocycles. The number of carbonyl (C=O) groups is 2. The lowest BCUT2D eigenvalue weighted by molar-refractivity contribution is -0.119. The second-order valence-electron chi connectivity index (χ2n) is 7.24. The highest BCUT2D eigenvalue weighted by Crippen LogP contribution is 2.30. The van der Waals surface area contributed by atoms with Crippen LogP contribution in [0.5, 0.6) is 0 Å². The Hall–Kier alpha value is -2.55. The van der Waals surface area contributed by atoms with Crippen LogP contribution in [-0.4, -0.2) is 41.3 Å². The van der Waals surface area contributed by atoms with Crippen molar-refractivity contribution in [1.29, 1.82) is 0 Å². The molecule has 29 heavy (non-hydrogen) atoms. The molecule has 0 radical (unpaired) electrons. The highest BCUT2D eigenvalue weighted by molar-refractivity contribution is 7.16. The molecule has 6 nitrogen and oxygen atoms in total. The number of thiophene rings is 1. The van der Waals surface area contributed by atoms with Crippen molar-refractivity contribution in [2.24, 2.45) is 0 Å². The lowest BCUT2D eigenvalue weighted by atomic mass is 10.1. The number of anilines is 2. The van der Waals surface area contributed by atoms with E-state index in [0.29, 0.717) is 23.8 Å². The van der Waals surface area contributed by atoms with E-state index in [9.17, 15) is 9.59 Å². The van der Waals surface area contributed by atoms with Gasteiger partial charge in [0.15, 0.2) is 5.13 Å². The number of aromatic nitrogens is 1. The normalized spacial score (nSPS) is 15.8. The molecule has 2 aliphatic rings. The molecule has 5 rings (SSSR count). The van der Waals surface area contributed by atoms with Crippen molar-refractivity contribution in [2.45, 2.75) is 19.4 Å². The van der Waals surface area contributed by atoms with E-state index in [2.05, 4.69) is 21.3 Å². The summed E-state index contributed by atoms with van der Waals surface area (Å²) >= 11 is 3.00.